The van der Waals surface area contributed by atoms with Gasteiger partial charge in [0.05, 0.1) is 13.7 Å². The Morgan fingerprint density at radius 2 is 2.03 bits per heavy atom. The number of alkyl halides is 3. The predicted molar refractivity (Wildman–Crippen MR) is 115 cm³/mol. The Morgan fingerprint density at radius 3 is 2.67 bits per heavy atom. The van der Waals surface area contributed by atoms with Crippen molar-refractivity contribution in [3.05, 3.63) is 53.0 Å². The summed E-state index contributed by atoms with van der Waals surface area (Å²) >= 11 is 0. The maximum absolute atomic E-state index is 13.9. The third-order valence-electron chi connectivity index (χ3n) is 5.21. The molecule has 9 nitrogen and oxygen atoms in total. The molecule has 12 heteroatoms. The van der Waals surface area contributed by atoms with E-state index in [-0.39, 0.29) is 24.7 Å². The van der Waals surface area contributed by atoms with Gasteiger partial charge in [-0.1, -0.05) is 6.58 Å². The van der Waals surface area contributed by atoms with Crippen molar-refractivity contribution in [1.82, 2.24) is 14.9 Å². The molecule has 2 aromatic heterocycles. The lowest BCUT2D eigenvalue weighted by molar-refractivity contribution is -0.159. The van der Waals surface area contributed by atoms with Crippen molar-refractivity contribution < 1.29 is 27.5 Å². The molecule has 1 atom stereocenters. The zero-order valence-electron chi connectivity index (χ0n) is 17.9. The van der Waals surface area contributed by atoms with Crippen molar-refractivity contribution in [2.24, 2.45) is 0 Å². The highest BCUT2D eigenvalue weighted by atomic mass is 19.4. The molecular formula is C21H22F3N5O4. The average Bonchev–Trinajstić information content (AvgIpc) is 2.78. The number of pyridine rings is 2. The first-order valence-electron chi connectivity index (χ1n) is 9.84. The van der Waals surface area contributed by atoms with Crippen molar-refractivity contribution in [1.29, 1.82) is 0 Å². The summed E-state index contributed by atoms with van der Waals surface area (Å²) in [5, 5.41) is 2.41. The number of aromatic nitrogens is 2. The number of aromatic amines is 1. The van der Waals surface area contributed by atoms with Crippen molar-refractivity contribution in [2.75, 3.05) is 37.0 Å². The minimum absolute atomic E-state index is 0.0329. The summed E-state index contributed by atoms with van der Waals surface area (Å²) in [5.41, 5.74) is 0.863. The molecule has 2 amide bonds. The number of amides is 2. The second kappa shape index (κ2) is 9.35. The minimum Gasteiger partial charge on any atom is -0.453 e. The monoisotopic (exact) mass is 465 g/mol. The molecule has 3 rings (SSSR count). The SMILES string of the molecule is C=CC(=O)N1CCN(c2cc(-c3cc(NC(=O)OC)ncc3C)cc(=O)[nH]2)[C@@H](C(F)(F)F)C1. The fourth-order valence-electron chi connectivity index (χ4n) is 3.58. The van der Waals surface area contributed by atoms with Crippen LogP contribution in [0.5, 0.6) is 0 Å². The van der Waals surface area contributed by atoms with E-state index in [0.717, 1.165) is 15.9 Å². The number of nitrogens with one attached hydrogen (secondary N) is 2. The first kappa shape index (κ1) is 23.8. The van der Waals surface area contributed by atoms with Crippen LogP contribution in [0.4, 0.5) is 29.6 Å². The fourth-order valence-corrected chi connectivity index (χ4v) is 3.58. The van der Waals surface area contributed by atoms with E-state index in [4.69, 9.17) is 0 Å². The van der Waals surface area contributed by atoms with Gasteiger partial charge in [0.15, 0.2) is 0 Å². The third kappa shape index (κ3) is 5.33. The van der Waals surface area contributed by atoms with Gasteiger partial charge in [0, 0.05) is 25.4 Å². The van der Waals surface area contributed by atoms with Crippen LogP contribution in [0.2, 0.25) is 0 Å². The largest absolute Gasteiger partial charge is 0.453 e. The van der Waals surface area contributed by atoms with Crippen LogP contribution in [0.25, 0.3) is 11.1 Å². The molecule has 33 heavy (non-hydrogen) atoms. The number of piperazine rings is 1. The van der Waals surface area contributed by atoms with Gasteiger partial charge < -0.3 is 19.5 Å². The smallest absolute Gasteiger partial charge is 0.412 e. The summed E-state index contributed by atoms with van der Waals surface area (Å²) < 4.78 is 46.1. The molecule has 0 aromatic carbocycles. The minimum atomic E-state index is -4.66. The Labute approximate surface area is 186 Å². The summed E-state index contributed by atoms with van der Waals surface area (Å²) in [5.74, 6) is -0.484. The number of nitrogens with zero attached hydrogens (tertiary/aromatic N) is 3. The summed E-state index contributed by atoms with van der Waals surface area (Å²) in [6.07, 6.45) is -2.97. The van der Waals surface area contributed by atoms with E-state index in [2.05, 4.69) is 26.6 Å². The molecule has 1 fully saturated rings. The van der Waals surface area contributed by atoms with Gasteiger partial charge in [0.1, 0.15) is 17.7 Å². The first-order chi connectivity index (χ1) is 15.5. The van der Waals surface area contributed by atoms with Crippen LogP contribution in [0.1, 0.15) is 5.56 Å². The zero-order valence-corrected chi connectivity index (χ0v) is 17.9. The second-order valence-electron chi connectivity index (χ2n) is 7.36. The molecule has 0 spiro atoms. The Hall–Kier alpha value is -3.83. The highest BCUT2D eigenvalue weighted by molar-refractivity contribution is 5.87. The summed E-state index contributed by atoms with van der Waals surface area (Å²) in [6, 6.07) is 2.15. The number of carbonyl (C=O) groups is 2. The Kier molecular flexibility index (Phi) is 6.75. The Balaban J connectivity index is 2.02. The summed E-state index contributed by atoms with van der Waals surface area (Å²) in [7, 11) is 1.19. The van der Waals surface area contributed by atoms with Crippen LogP contribution in [-0.2, 0) is 9.53 Å². The quantitative estimate of drug-likeness (QED) is 0.673. The maximum Gasteiger partial charge on any atom is 0.412 e. The standard InChI is InChI=1S/C21H22F3N5O4/c1-4-19(31)28-5-6-29(15(11-28)21(22,23)24)17-7-13(8-18(30)27-17)14-9-16(25-10-12(14)2)26-20(32)33-3/h4,7-10,15H,1,5-6,11H2,2-3H3,(H,27,30)(H,25,26,32)/t15-/m1/s1. The molecule has 0 aliphatic carbocycles. The Bertz CT molecular complexity index is 1130. The van der Waals surface area contributed by atoms with Crippen LogP contribution >= 0.6 is 0 Å². The molecule has 0 radical (unpaired) electrons. The van der Waals surface area contributed by atoms with Gasteiger partial charge in [-0.15, -0.1) is 0 Å². The van der Waals surface area contributed by atoms with E-state index in [9.17, 15) is 27.6 Å². The first-order valence-corrected chi connectivity index (χ1v) is 9.84. The molecule has 3 heterocycles. The molecule has 1 aliphatic heterocycles. The van der Waals surface area contributed by atoms with Crippen LogP contribution in [-0.4, -0.2) is 65.8 Å². The molecule has 2 aromatic rings. The van der Waals surface area contributed by atoms with Crippen molar-refractivity contribution in [3.8, 4) is 11.1 Å². The van der Waals surface area contributed by atoms with E-state index in [1.54, 1.807) is 6.92 Å². The van der Waals surface area contributed by atoms with E-state index in [1.807, 2.05) is 0 Å². The molecule has 0 saturated carbocycles. The lowest BCUT2D eigenvalue weighted by atomic mass is 10.0. The van der Waals surface area contributed by atoms with Gasteiger partial charge in [-0.05, 0) is 41.8 Å². The average molecular weight is 465 g/mol. The number of ether oxygens (including phenoxy) is 1. The molecular weight excluding hydrogens is 443 g/mol. The lowest BCUT2D eigenvalue weighted by Gasteiger charge is -2.42. The Morgan fingerprint density at radius 1 is 1.30 bits per heavy atom. The zero-order chi connectivity index (χ0) is 24.3. The molecule has 0 unspecified atom stereocenters. The van der Waals surface area contributed by atoms with Crippen LogP contribution in [0.3, 0.4) is 0 Å². The van der Waals surface area contributed by atoms with Gasteiger partial charge in [0.2, 0.25) is 11.5 Å². The normalized spacial score (nSPS) is 16.3. The molecule has 1 saturated heterocycles. The number of carbonyl (C=O) groups excluding carboxylic acids is 2. The predicted octanol–water partition coefficient (Wildman–Crippen LogP) is 2.69. The van der Waals surface area contributed by atoms with E-state index >= 15 is 0 Å². The third-order valence-corrected chi connectivity index (χ3v) is 5.21. The van der Waals surface area contributed by atoms with Gasteiger partial charge >= 0.3 is 12.3 Å². The van der Waals surface area contributed by atoms with Crippen molar-refractivity contribution in [2.45, 2.75) is 19.1 Å². The molecule has 1 aliphatic rings. The number of methoxy groups -OCH3 is 1. The highest BCUT2D eigenvalue weighted by Gasteiger charge is 2.47. The number of hydrogen-bond acceptors (Lipinski definition) is 6. The van der Waals surface area contributed by atoms with Gasteiger partial charge in [-0.25, -0.2) is 9.78 Å². The molecule has 0 bridgehead atoms. The van der Waals surface area contributed by atoms with Gasteiger partial charge in [-0.3, -0.25) is 14.9 Å². The maximum atomic E-state index is 13.9. The van der Waals surface area contributed by atoms with E-state index in [0.29, 0.717) is 16.7 Å². The summed E-state index contributed by atoms with van der Waals surface area (Å²) in [4.78, 5) is 44.3. The molecule has 176 valence electrons. The van der Waals surface area contributed by atoms with Crippen LogP contribution in [0, 0.1) is 6.92 Å². The van der Waals surface area contributed by atoms with Crippen molar-refractivity contribution in [3.63, 3.8) is 0 Å². The van der Waals surface area contributed by atoms with Crippen LogP contribution in [0.15, 0.2) is 41.8 Å². The second-order valence-corrected chi connectivity index (χ2v) is 7.36. The number of halogens is 3. The number of rotatable bonds is 4. The van der Waals surface area contributed by atoms with Gasteiger partial charge in [-0.2, -0.15) is 13.2 Å². The topological polar surface area (TPSA) is 108 Å². The van der Waals surface area contributed by atoms with Gasteiger partial charge in [0.25, 0.3) is 0 Å². The number of H-pyrrole nitrogens is 1. The molecule has 2 N–H and O–H groups in total. The lowest BCUT2D eigenvalue weighted by Crippen LogP contribution is -2.60. The fraction of sp³-hybridized carbons (Fsp3) is 0.333. The van der Waals surface area contributed by atoms with Crippen LogP contribution < -0.4 is 15.8 Å². The highest BCUT2D eigenvalue weighted by Crippen LogP contribution is 2.33. The van der Waals surface area contributed by atoms with E-state index < -0.39 is 36.3 Å². The summed E-state index contributed by atoms with van der Waals surface area (Å²) in [6.45, 7) is 4.33. The van der Waals surface area contributed by atoms with Crippen molar-refractivity contribution >= 4 is 23.6 Å². The van der Waals surface area contributed by atoms with E-state index in [1.165, 1.54) is 31.5 Å². The number of anilines is 2. The number of aryl methyl sites for hydroxylation is 1. The number of hydrogen-bond donors (Lipinski definition) is 2.